The Labute approximate surface area is 169 Å². The first-order valence-electron chi connectivity index (χ1n) is 8.65. The van der Waals surface area contributed by atoms with Crippen molar-refractivity contribution in [2.24, 2.45) is 5.16 Å². The van der Waals surface area contributed by atoms with E-state index in [1.807, 2.05) is 0 Å². The van der Waals surface area contributed by atoms with Crippen LogP contribution in [-0.2, 0) is 11.2 Å². The summed E-state index contributed by atoms with van der Waals surface area (Å²) >= 11 is 1.13. The number of hydrogen-bond acceptors (Lipinski definition) is 9. The molecule has 2 aromatic rings. The molecule has 12 heteroatoms. The maximum absolute atomic E-state index is 12.6. The lowest BCUT2D eigenvalue weighted by Gasteiger charge is -2.27. The molecule has 9 nitrogen and oxygen atoms in total. The molecule has 4 N–H and O–H groups in total. The second-order valence-electron chi connectivity index (χ2n) is 6.30. The van der Waals surface area contributed by atoms with Gasteiger partial charge in [0.25, 0.3) is 0 Å². The second-order valence-corrected chi connectivity index (χ2v) is 7.16. The summed E-state index contributed by atoms with van der Waals surface area (Å²) in [7, 11) is -1.40. The highest BCUT2D eigenvalue weighted by molar-refractivity contribution is 7.14. The number of oxime groups is 1. The Morgan fingerprint density at radius 2 is 2.24 bits per heavy atom. The molecular formula is C17H17BFN3O6S. The number of benzene rings is 1. The molecule has 0 bridgehead atoms. The number of aromatic carboxylic acids is 1. The van der Waals surface area contributed by atoms with Crippen molar-refractivity contribution in [1.29, 1.82) is 0 Å². The Balaban J connectivity index is 1.73. The molecule has 0 saturated heterocycles. The van der Waals surface area contributed by atoms with Gasteiger partial charge in [-0.15, -0.1) is 11.3 Å². The molecule has 0 saturated carbocycles. The third kappa shape index (κ3) is 4.54. The quantitative estimate of drug-likeness (QED) is 0.219. The topological polar surface area (TPSA) is 141 Å². The Hall–Kier alpha value is -2.99. The normalized spacial score (nSPS) is 16.1. The number of anilines is 1. The molecule has 2 heterocycles. The number of aromatic nitrogens is 1. The molecule has 0 unspecified atom stereocenters. The number of nitrogens with zero attached hydrogens (tertiary/aromatic N) is 2. The Bertz CT molecular complexity index is 953. The van der Waals surface area contributed by atoms with Gasteiger partial charge >= 0.3 is 13.1 Å². The van der Waals surface area contributed by atoms with Gasteiger partial charge in [-0.2, -0.15) is 0 Å². The van der Waals surface area contributed by atoms with Crippen molar-refractivity contribution in [2.75, 3.05) is 18.5 Å². The maximum Gasteiger partial charge on any atom is 0.526 e. The number of fused-ring (bicyclic) bond motifs is 1. The van der Waals surface area contributed by atoms with E-state index in [0.29, 0.717) is 10.7 Å². The van der Waals surface area contributed by atoms with Crippen LogP contribution < -0.4 is 9.97 Å². The summed E-state index contributed by atoms with van der Waals surface area (Å²) in [6, 6.07) is 4.59. The molecule has 29 heavy (non-hydrogen) atoms. The average molecular weight is 421 g/mol. The van der Waals surface area contributed by atoms with E-state index in [2.05, 4.69) is 15.5 Å². The van der Waals surface area contributed by atoms with Gasteiger partial charge in [0, 0.05) is 24.2 Å². The molecule has 0 fully saturated rings. The number of para-hydroxylation sites is 1. The smallest absolute Gasteiger partial charge is 0.526 e. The number of ketones is 1. The lowest BCUT2D eigenvalue weighted by Crippen LogP contribution is -2.36. The summed E-state index contributed by atoms with van der Waals surface area (Å²) < 4.78 is 17.6. The molecule has 1 atom stereocenters. The standard InChI is InChI=1S/C17H17BFN3O6S/c19-4-5-20-17-21-12(8-29-17)14(22-27)13(23)7-10-6-9-2-1-3-11(16(24)25)15(9)28-18(10)26/h1-3,8,10,26-27H,4-7H2,(H,20,21)(H,24,25)/b22-14-/t10-/m1/s1. The number of rotatable bonds is 8. The lowest BCUT2D eigenvalue weighted by atomic mass is 9.64. The fraction of sp³-hybridized carbons (Fsp3) is 0.294. The van der Waals surface area contributed by atoms with Gasteiger partial charge in [0.15, 0.2) is 16.6 Å². The Morgan fingerprint density at radius 1 is 1.45 bits per heavy atom. The molecule has 1 aliphatic heterocycles. The van der Waals surface area contributed by atoms with Crippen molar-refractivity contribution in [3.05, 3.63) is 40.4 Å². The summed E-state index contributed by atoms with van der Waals surface area (Å²) in [5, 5.41) is 36.4. The van der Waals surface area contributed by atoms with Crippen LogP contribution in [0.1, 0.15) is 28.0 Å². The monoisotopic (exact) mass is 421 g/mol. The van der Waals surface area contributed by atoms with Gasteiger partial charge in [-0.1, -0.05) is 17.3 Å². The summed E-state index contributed by atoms with van der Waals surface area (Å²) in [6.07, 6.45) is 0.00447. The predicted molar refractivity (Wildman–Crippen MR) is 104 cm³/mol. The number of carbonyl (C=O) groups excluding carboxylic acids is 1. The largest absolute Gasteiger partial charge is 0.535 e. The Morgan fingerprint density at radius 3 is 2.93 bits per heavy atom. The van der Waals surface area contributed by atoms with E-state index in [-0.39, 0.29) is 42.1 Å². The van der Waals surface area contributed by atoms with Crippen LogP contribution in [0.15, 0.2) is 28.7 Å². The third-order valence-corrected chi connectivity index (χ3v) is 5.18. The molecule has 1 aliphatic rings. The number of thiazole rings is 1. The first-order valence-corrected chi connectivity index (χ1v) is 9.53. The van der Waals surface area contributed by atoms with Crippen molar-refractivity contribution < 1.29 is 34.0 Å². The first kappa shape index (κ1) is 20.7. The number of carbonyl (C=O) groups is 2. The highest BCUT2D eigenvalue weighted by Gasteiger charge is 2.38. The number of carboxylic acids is 1. The number of hydrogen-bond donors (Lipinski definition) is 4. The van der Waals surface area contributed by atoms with E-state index >= 15 is 0 Å². The van der Waals surface area contributed by atoms with E-state index in [1.165, 1.54) is 11.4 Å². The SMILES string of the molecule is O=C(C[C@H]1Cc2cccc(C(=O)O)c2OB1O)/C(=N\O)c1csc(NCCF)n1. The highest BCUT2D eigenvalue weighted by Crippen LogP contribution is 2.36. The zero-order valence-electron chi connectivity index (χ0n) is 15.0. The van der Waals surface area contributed by atoms with Crippen LogP contribution >= 0.6 is 11.3 Å². The minimum Gasteiger partial charge on any atom is -0.535 e. The van der Waals surface area contributed by atoms with E-state index < -0.39 is 31.4 Å². The first-order chi connectivity index (χ1) is 13.9. The van der Waals surface area contributed by atoms with E-state index in [1.54, 1.807) is 12.1 Å². The second kappa shape index (κ2) is 9.01. The molecule has 0 amide bonds. The molecule has 1 aromatic carbocycles. The summed E-state index contributed by atoms with van der Waals surface area (Å²) in [6.45, 7) is -0.519. The molecule has 152 valence electrons. The molecule has 0 spiro atoms. The van der Waals surface area contributed by atoms with Crippen LogP contribution in [0.4, 0.5) is 9.52 Å². The number of alkyl halides is 1. The highest BCUT2D eigenvalue weighted by atomic mass is 32.1. The molecule has 0 aliphatic carbocycles. The van der Waals surface area contributed by atoms with Crippen LogP contribution in [0.3, 0.4) is 0 Å². The number of nitrogens with one attached hydrogen (secondary N) is 1. The average Bonchev–Trinajstić information content (AvgIpc) is 3.15. The number of halogens is 1. The van der Waals surface area contributed by atoms with E-state index in [0.717, 1.165) is 11.3 Å². The third-order valence-electron chi connectivity index (χ3n) is 4.38. The van der Waals surface area contributed by atoms with Crippen molar-refractivity contribution in [3.8, 4) is 5.75 Å². The van der Waals surface area contributed by atoms with Crippen LogP contribution in [0.5, 0.6) is 5.75 Å². The van der Waals surface area contributed by atoms with Gasteiger partial charge in [-0.3, -0.25) is 4.79 Å². The van der Waals surface area contributed by atoms with E-state index in [4.69, 9.17) is 4.65 Å². The van der Waals surface area contributed by atoms with Crippen molar-refractivity contribution in [3.63, 3.8) is 0 Å². The zero-order chi connectivity index (χ0) is 21.0. The fourth-order valence-electron chi connectivity index (χ4n) is 3.03. The maximum atomic E-state index is 12.6. The van der Waals surface area contributed by atoms with Gasteiger partial charge in [-0.05, 0) is 18.1 Å². The molecule has 3 rings (SSSR count). The molecule has 1 aromatic heterocycles. The number of Topliss-reactive ketones (excluding diaryl/α,β-unsaturated/α-hetero) is 1. The predicted octanol–water partition coefficient (Wildman–Crippen LogP) is 1.85. The van der Waals surface area contributed by atoms with Gasteiger partial charge in [0.1, 0.15) is 18.1 Å². The number of carboxylic acid groups (broad SMARTS) is 1. The van der Waals surface area contributed by atoms with E-state index in [9.17, 15) is 29.3 Å². The Kier molecular flexibility index (Phi) is 6.44. The molecule has 0 radical (unpaired) electrons. The van der Waals surface area contributed by atoms with Crippen LogP contribution in [-0.4, -0.2) is 58.1 Å². The summed E-state index contributed by atoms with van der Waals surface area (Å²) in [5.74, 6) is -2.34. The van der Waals surface area contributed by atoms with Crippen molar-refractivity contribution in [1.82, 2.24) is 4.98 Å². The molecular weight excluding hydrogens is 404 g/mol. The minimum atomic E-state index is -1.40. The van der Waals surface area contributed by atoms with Gasteiger partial charge in [0.2, 0.25) is 0 Å². The van der Waals surface area contributed by atoms with Gasteiger partial charge in [0.05, 0.1) is 5.56 Å². The van der Waals surface area contributed by atoms with Crippen LogP contribution in [0.2, 0.25) is 5.82 Å². The summed E-state index contributed by atoms with van der Waals surface area (Å²) in [5.41, 5.74) is 0.331. The van der Waals surface area contributed by atoms with Crippen molar-refractivity contribution in [2.45, 2.75) is 18.7 Å². The fourth-order valence-corrected chi connectivity index (χ4v) is 3.75. The minimum absolute atomic E-state index is 0.0653. The van der Waals surface area contributed by atoms with Gasteiger partial charge in [-0.25, -0.2) is 14.2 Å². The zero-order valence-corrected chi connectivity index (χ0v) is 15.9. The van der Waals surface area contributed by atoms with Crippen LogP contribution in [0.25, 0.3) is 0 Å². The lowest BCUT2D eigenvalue weighted by molar-refractivity contribution is -0.113. The summed E-state index contributed by atoms with van der Waals surface area (Å²) in [4.78, 5) is 28.0. The van der Waals surface area contributed by atoms with Crippen molar-refractivity contribution >= 4 is 41.1 Å². The van der Waals surface area contributed by atoms with Crippen LogP contribution in [0, 0.1) is 0 Å². The van der Waals surface area contributed by atoms with Gasteiger partial charge < -0.3 is 25.3 Å².